The number of sulfonamides is 1. The predicted octanol–water partition coefficient (Wildman–Crippen LogP) is 2.47. The van der Waals surface area contributed by atoms with Crippen LogP contribution in [0.15, 0.2) is 42.7 Å². The molecule has 1 aromatic carbocycles. The van der Waals surface area contributed by atoms with E-state index in [1.807, 2.05) is 0 Å². The normalized spacial score (nSPS) is 11.1. The Balaban J connectivity index is 2.11. The van der Waals surface area contributed by atoms with Crippen molar-refractivity contribution in [3.63, 3.8) is 0 Å². The van der Waals surface area contributed by atoms with Gasteiger partial charge in [-0.25, -0.2) is 8.42 Å². The Morgan fingerprint density at radius 3 is 2.58 bits per heavy atom. The molecule has 1 N–H and O–H groups in total. The summed E-state index contributed by atoms with van der Waals surface area (Å²) in [5, 5.41) is 3.16. The fourth-order valence-electron chi connectivity index (χ4n) is 1.93. The van der Waals surface area contributed by atoms with Gasteiger partial charge in [-0.05, 0) is 29.8 Å². The smallest absolute Gasteiger partial charge is 0.241 e. The minimum atomic E-state index is -3.67. The molecule has 0 aliphatic carbocycles. The van der Waals surface area contributed by atoms with Gasteiger partial charge in [-0.3, -0.25) is 14.1 Å². The summed E-state index contributed by atoms with van der Waals surface area (Å²) in [5.74, 6) is -0.449. The number of rotatable bonds is 6. The van der Waals surface area contributed by atoms with Gasteiger partial charge in [0.1, 0.15) is 6.54 Å². The highest BCUT2D eigenvalue weighted by molar-refractivity contribution is 7.92. The predicted molar refractivity (Wildman–Crippen MR) is 94.7 cm³/mol. The molecule has 6 nitrogen and oxygen atoms in total. The fourth-order valence-corrected chi connectivity index (χ4v) is 3.07. The summed E-state index contributed by atoms with van der Waals surface area (Å²) in [4.78, 5) is 16.0. The first kappa shape index (κ1) is 18.5. The van der Waals surface area contributed by atoms with Gasteiger partial charge in [-0.2, -0.15) is 0 Å². The summed E-state index contributed by atoms with van der Waals surface area (Å²) in [6.07, 6.45) is 4.26. The van der Waals surface area contributed by atoms with Gasteiger partial charge in [0.25, 0.3) is 0 Å². The largest absolute Gasteiger partial charge is 0.350 e. The molecule has 0 atom stereocenters. The zero-order valence-electron chi connectivity index (χ0n) is 12.7. The lowest BCUT2D eigenvalue weighted by Gasteiger charge is -2.22. The summed E-state index contributed by atoms with van der Waals surface area (Å²) in [5.41, 5.74) is 1.08. The standard InChI is InChI=1S/C15H15Cl2N3O3S/c1-24(22,23)20(12-4-5-13(16)14(17)7-12)10-15(21)19-9-11-3-2-6-18-8-11/h2-8H,9-10H2,1H3,(H,19,21). The number of hydrogen-bond acceptors (Lipinski definition) is 4. The Labute approximate surface area is 150 Å². The average Bonchev–Trinajstić information content (AvgIpc) is 2.53. The number of carbonyl (C=O) groups is 1. The molecule has 0 fully saturated rings. The molecular formula is C15H15Cl2N3O3S. The molecule has 2 aromatic rings. The SMILES string of the molecule is CS(=O)(=O)N(CC(=O)NCc1cccnc1)c1ccc(Cl)c(Cl)c1. The fraction of sp³-hybridized carbons (Fsp3) is 0.200. The molecule has 0 radical (unpaired) electrons. The van der Waals surface area contributed by atoms with E-state index in [0.29, 0.717) is 5.02 Å². The third-order valence-electron chi connectivity index (χ3n) is 3.09. The van der Waals surface area contributed by atoms with Crippen LogP contribution in [0, 0.1) is 0 Å². The first-order valence-electron chi connectivity index (χ1n) is 6.86. The molecule has 128 valence electrons. The molecule has 0 bridgehead atoms. The number of benzene rings is 1. The maximum atomic E-state index is 12.1. The second-order valence-corrected chi connectivity index (χ2v) is 7.73. The lowest BCUT2D eigenvalue weighted by atomic mass is 10.3. The molecule has 9 heteroatoms. The molecule has 0 saturated heterocycles. The van der Waals surface area contributed by atoms with Crippen LogP contribution in [-0.4, -0.2) is 32.1 Å². The molecule has 0 unspecified atom stereocenters. The van der Waals surface area contributed by atoms with E-state index in [9.17, 15) is 13.2 Å². The van der Waals surface area contributed by atoms with Gasteiger partial charge >= 0.3 is 0 Å². The minimum Gasteiger partial charge on any atom is -0.350 e. The first-order valence-corrected chi connectivity index (χ1v) is 9.46. The number of carbonyl (C=O) groups excluding carboxylic acids is 1. The van der Waals surface area contributed by atoms with Crippen molar-refractivity contribution in [2.45, 2.75) is 6.54 Å². The van der Waals surface area contributed by atoms with E-state index in [1.54, 1.807) is 24.5 Å². The van der Waals surface area contributed by atoms with Gasteiger partial charge < -0.3 is 5.32 Å². The zero-order chi connectivity index (χ0) is 17.7. The topological polar surface area (TPSA) is 79.4 Å². The Morgan fingerprint density at radius 1 is 1.25 bits per heavy atom. The molecule has 2 rings (SSSR count). The van der Waals surface area contributed by atoms with Gasteiger partial charge in [0.2, 0.25) is 15.9 Å². The molecule has 24 heavy (non-hydrogen) atoms. The van der Waals surface area contributed by atoms with E-state index < -0.39 is 15.9 Å². The van der Waals surface area contributed by atoms with Crippen molar-refractivity contribution in [3.8, 4) is 0 Å². The molecule has 1 aromatic heterocycles. The Hall–Kier alpha value is -1.83. The Bertz CT molecular complexity index is 829. The summed E-state index contributed by atoms with van der Waals surface area (Å²) in [6.45, 7) is -0.108. The number of pyridine rings is 1. The molecule has 0 spiro atoms. The maximum absolute atomic E-state index is 12.1. The van der Waals surface area contributed by atoms with Crippen molar-refractivity contribution in [2.75, 3.05) is 17.1 Å². The van der Waals surface area contributed by atoms with E-state index in [4.69, 9.17) is 23.2 Å². The number of hydrogen-bond donors (Lipinski definition) is 1. The van der Waals surface area contributed by atoms with Gasteiger partial charge in [-0.15, -0.1) is 0 Å². The van der Waals surface area contributed by atoms with E-state index >= 15 is 0 Å². The van der Waals surface area contributed by atoms with Crippen LogP contribution >= 0.6 is 23.2 Å². The molecule has 0 aliphatic rings. The number of halogens is 2. The van der Waals surface area contributed by atoms with Gasteiger partial charge in [0.15, 0.2) is 0 Å². The highest BCUT2D eigenvalue weighted by Gasteiger charge is 2.21. The lowest BCUT2D eigenvalue weighted by Crippen LogP contribution is -2.40. The highest BCUT2D eigenvalue weighted by atomic mass is 35.5. The summed E-state index contributed by atoms with van der Waals surface area (Å²) in [6, 6.07) is 7.93. The summed E-state index contributed by atoms with van der Waals surface area (Å²) in [7, 11) is -3.67. The first-order chi connectivity index (χ1) is 11.3. The van der Waals surface area contributed by atoms with Crippen LogP contribution in [0.5, 0.6) is 0 Å². The van der Waals surface area contributed by atoms with Crippen molar-refractivity contribution in [1.82, 2.24) is 10.3 Å². The Morgan fingerprint density at radius 2 is 2.00 bits per heavy atom. The molecular weight excluding hydrogens is 373 g/mol. The summed E-state index contributed by atoms with van der Waals surface area (Å²) < 4.78 is 25.0. The average molecular weight is 388 g/mol. The monoisotopic (exact) mass is 387 g/mol. The quantitative estimate of drug-likeness (QED) is 0.825. The number of aromatic nitrogens is 1. The molecule has 1 heterocycles. The van der Waals surface area contributed by atoms with Crippen LogP contribution < -0.4 is 9.62 Å². The van der Waals surface area contributed by atoms with Crippen LogP contribution in [0.3, 0.4) is 0 Å². The zero-order valence-corrected chi connectivity index (χ0v) is 15.1. The third kappa shape index (κ3) is 5.09. The van der Waals surface area contributed by atoms with E-state index in [-0.39, 0.29) is 23.8 Å². The van der Waals surface area contributed by atoms with Crippen LogP contribution in [0.25, 0.3) is 0 Å². The Kier molecular flexibility index (Phi) is 6.04. The van der Waals surface area contributed by atoms with Crippen LogP contribution in [0.4, 0.5) is 5.69 Å². The molecule has 0 saturated carbocycles. The van der Waals surface area contributed by atoms with Crippen molar-refractivity contribution in [1.29, 1.82) is 0 Å². The highest BCUT2D eigenvalue weighted by Crippen LogP contribution is 2.28. The van der Waals surface area contributed by atoms with Gasteiger partial charge in [0.05, 0.1) is 22.0 Å². The van der Waals surface area contributed by atoms with Crippen LogP contribution in [0.2, 0.25) is 10.0 Å². The van der Waals surface area contributed by atoms with Gasteiger partial charge in [-0.1, -0.05) is 29.3 Å². The second kappa shape index (κ2) is 7.83. The van der Waals surface area contributed by atoms with Crippen LogP contribution in [-0.2, 0) is 21.4 Å². The number of nitrogens with one attached hydrogen (secondary N) is 1. The second-order valence-electron chi connectivity index (χ2n) is 5.01. The lowest BCUT2D eigenvalue weighted by molar-refractivity contribution is -0.119. The van der Waals surface area contributed by atoms with Crippen molar-refractivity contribution < 1.29 is 13.2 Å². The number of anilines is 1. The summed E-state index contributed by atoms with van der Waals surface area (Å²) >= 11 is 11.8. The molecule has 0 aliphatic heterocycles. The van der Waals surface area contributed by atoms with Gasteiger partial charge in [0, 0.05) is 18.9 Å². The number of nitrogens with zero attached hydrogens (tertiary/aromatic N) is 2. The van der Waals surface area contributed by atoms with Crippen LogP contribution in [0.1, 0.15) is 5.56 Å². The van der Waals surface area contributed by atoms with E-state index in [2.05, 4.69) is 10.3 Å². The van der Waals surface area contributed by atoms with E-state index in [0.717, 1.165) is 16.1 Å². The maximum Gasteiger partial charge on any atom is 0.241 e. The van der Waals surface area contributed by atoms with Crippen molar-refractivity contribution in [2.24, 2.45) is 0 Å². The third-order valence-corrected chi connectivity index (χ3v) is 4.97. The molecule has 1 amide bonds. The minimum absolute atomic E-state index is 0.207. The van der Waals surface area contributed by atoms with E-state index in [1.165, 1.54) is 18.2 Å². The number of amides is 1. The van der Waals surface area contributed by atoms with Crippen molar-refractivity contribution in [3.05, 3.63) is 58.3 Å². The van der Waals surface area contributed by atoms with Crippen molar-refractivity contribution >= 4 is 44.8 Å².